The molecule has 11 heavy (non-hydrogen) atoms. The molecule has 1 saturated heterocycles. The maximum atomic E-state index is 8.73. The summed E-state index contributed by atoms with van der Waals surface area (Å²) in [7, 11) is 0. The van der Waals surface area contributed by atoms with E-state index >= 15 is 0 Å². The Kier molecular flexibility index (Phi) is 3.83. The van der Waals surface area contributed by atoms with E-state index in [1.54, 1.807) is 0 Å². The monoisotopic (exact) mass is 160 g/mol. The molecule has 1 aliphatic rings. The molecule has 0 aromatic carbocycles. The summed E-state index contributed by atoms with van der Waals surface area (Å²) < 4.78 is 10.5. The summed E-state index contributed by atoms with van der Waals surface area (Å²) in [6.07, 6.45) is 1.87. The Hall–Kier alpha value is -0.120. The van der Waals surface area contributed by atoms with Crippen LogP contribution < -0.4 is 0 Å². The number of aliphatic hydroxyl groups is 1. The SMILES string of the molecule is CC(CO)CCC1OCCO1. The Bertz CT molecular complexity index is 99.5. The fourth-order valence-electron chi connectivity index (χ4n) is 1.09. The van der Waals surface area contributed by atoms with Crippen molar-refractivity contribution in [2.45, 2.75) is 26.1 Å². The Labute approximate surface area is 67.3 Å². The minimum Gasteiger partial charge on any atom is -0.396 e. The third-order valence-electron chi connectivity index (χ3n) is 1.90. The molecule has 1 fully saturated rings. The highest BCUT2D eigenvalue weighted by Crippen LogP contribution is 2.13. The summed E-state index contributed by atoms with van der Waals surface area (Å²) in [5, 5.41) is 8.73. The fourth-order valence-corrected chi connectivity index (χ4v) is 1.09. The summed E-state index contributed by atoms with van der Waals surface area (Å²) >= 11 is 0. The van der Waals surface area contributed by atoms with Crippen LogP contribution in [0.3, 0.4) is 0 Å². The standard InChI is InChI=1S/C8H16O3/c1-7(6-9)2-3-8-10-4-5-11-8/h7-9H,2-6H2,1H3. The van der Waals surface area contributed by atoms with Crippen LogP contribution in [0.25, 0.3) is 0 Å². The third kappa shape index (κ3) is 3.18. The van der Waals surface area contributed by atoms with E-state index in [0.717, 1.165) is 26.1 Å². The lowest BCUT2D eigenvalue weighted by Gasteiger charge is -2.11. The molecule has 0 bridgehead atoms. The van der Waals surface area contributed by atoms with Gasteiger partial charge in [-0.1, -0.05) is 6.92 Å². The highest BCUT2D eigenvalue weighted by atomic mass is 16.7. The van der Waals surface area contributed by atoms with Crippen molar-refractivity contribution in [3.8, 4) is 0 Å². The zero-order chi connectivity index (χ0) is 8.10. The topological polar surface area (TPSA) is 38.7 Å². The van der Waals surface area contributed by atoms with Crippen molar-refractivity contribution >= 4 is 0 Å². The summed E-state index contributed by atoms with van der Waals surface area (Å²) in [6, 6.07) is 0. The molecule has 0 saturated carbocycles. The molecule has 1 aliphatic heterocycles. The Morgan fingerprint density at radius 1 is 1.45 bits per heavy atom. The number of ether oxygens (including phenoxy) is 2. The average Bonchev–Trinajstić information content (AvgIpc) is 2.52. The largest absolute Gasteiger partial charge is 0.396 e. The molecular weight excluding hydrogens is 144 g/mol. The molecule has 3 heteroatoms. The Balaban J connectivity index is 2.01. The quantitative estimate of drug-likeness (QED) is 0.660. The van der Waals surface area contributed by atoms with E-state index in [2.05, 4.69) is 0 Å². The van der Waals surface area contributed by atoms with E-state index in [4.69, 9.17) is 14.6 Å². The van der Waals surface area contributed by atoms with E-state index in [9.17, 15) is 0 Å². The molecule has 0 amide bonds. The lowest BCUT2D eigenvalue weighted by Crippen LogP contribution is -2.10. The van der Waals surface area contributed by atoms with E-state index in [-0.39, 0.29) is 12.9 Å². The Morgan fingerprint density at radius 2 is 2.09 bits per heavy atom. The average molecular weight is 160 g/mol. The van der Waals surface area contributed by atoms with Gasteiger partial charge < -0.3 is 14.6 Å². The maximum Gasteiger partial charge on any atom is 0.157 e. The number of hydrogen-bond acceptors (Lipinski definition) is 3. The molecule has 0 aliphatic carbocycles. The Morgan fingerprint density at radius 3 is 2.64 bits per heavy atom. The lowest BCUT2D eigenvalue weighted by molar-refractivity contribution is -0.0507. The first kappa shape index (κ1) is 8.97. The van der Waals surface area contributed by atoms with Crippen LogP contribution >= 0.6 is 0 Å². The van der Waals surface area contributed by atoms with Gasteiger partial charge in [0.25, 0.3) is 0 Å². The first-order valence-electron chi connectivity index (χ1n) is 4.17. The summed E-state index contributed by atoms with van der Waals surface area (Å²) in [5.74, 6) is 0.364. The van der Waals surface area contributed by atoms with Gasteiger partial charge in [-0.15, -0.1) is 0 Å². The summed E-state index contributed by atoms with van der Waals surface area (Å²) in [6.45, 7) is 3.72. The van der Waals surface area contributed by atoms with Crippen molar-refractivity contribution in [2.75, 3.05) is 19.8 Å². The molecule has 1 rings (SSSR count). The van der Waals surface area contributed by atoms with Gasteiger partial charge in [-0.05, 0) is 18.8 Å². The molecule has 0 aromatic rings. The molecule has 3 nitrogen and oxygen atoms in total. The predicted octanol–water partition coefficient (Wildman–Crippen LogP) is 0.768. The lowest BCUT2D eigenvalue weighted by atomic mass is 10.1. The summed E-state index contributed by atoms with van der Waals surface area (Å²) in [5.41, 5.74) is 0. The van der Waals surface area contributed by atoms with E-state index in [1.165, 1.54) is 0 Å². The van der Waals surface area contributed by atoms with E-state index < -0.39 is 0 Å². The van der Waals surface area contributed by atoms with E-state index in [0.29, 0.717) is 5.92 Å². The van der Waals surface area contributed by atoms with Crippen LogP contribution in [-0.4, -0.2) is 31.2 Å². The minimum absolute atomic E-state index is 0.0102. The van der Waals surface area contributed by atoms with Gasteiger partial charge >= 0.3 is 0 Å². The molecule has 1 unspecified atom stereocenters. The molecule has 1 atom stereocenters. The van der Waals surface area contributed by atoms with Crippen molar-refractivity contribution in [1.82, 2.24) is 0 Å². The van der Waals surface area contributed by atoms with Crippen LogP contribution in [-0.2, 0) is 9.47 Å². The second-order valence-corrected chi connectivity index (χ2v) is 3.04. The van der Waals surface area contributed by atoms with Gasteiger partial charge in [-0.3, -0.25) is 0 Å². The van der Waals surface area contributed by atoms with Crippen LogP contribution in [0, 0.1) is 5.92 Å². The zero-order valence-corrected chi connectivity index (χ0v) is 6.95. The molecule has 0 aromatic heterocycles. The molecule has 66 valence electrons. The van der Waals surface area contributed by atoms with Crippen LogP contribution in [0.5, 0.6) is 0 Å². The van der Waals surface area contributed by atoms with Crippen LogP contribution in [0.15, 0.2) is 0 Å². The predicted molar refractivity (Wildman–Crippen MR) is 41.2 cm³/mol. The molecule has 0 radical (unpaired) electrons. The van der Waals surface area contributed by atoms with Crippen LogP contribution in [0.4, 0.5) is 0 Å². The third-order valence-corrected chi connectivity index (χ3v) is 1.90. The van der Waals surface area contributed by atoms with Gasteiger partial charge in [-0.2, -0.15) is 0 Å². The highest BCUT2D eigenvalue weighted by Gasteiger charge is 2.16. The zero-order valence-electron chi connectivity index (χ0n) is 6.95. The number of aliphatic hydroxyl groups excluding tert-OH is 1. The normalized spacial score (nSPS) is 22.4. The highest BCUT2D eigenvalue weighted by molar-refractivity contribution is 4.56. The van der Waals surface area contributed by atoms with E-state index in [1.807, 2.05) is 6.92 Å². The van der Waals surface area contributed by atoms with Crippen molar-refractivity contribution in [3.63, 3.8) is 0 Å². The number of hydrogen-bond donors (Lipinski definition) is 1. The smallest absolute Gasteiger partial charge is 0.157 e. The second-order valence-electron chi connectivity index (χ2n) is 3.04. The maximum absolute atomic E-state index is 8.73. The van der Waals surface area contributed by atoms with Crippen molar-refractivity contribution in [2.24, 2.45) is 5.92 Å². The van der Waals surface area contributed by atoms with Crippen molar-refractivity contribution in [1.29, 1.82) is 0 Å². The van der Waals surface area contributed by atoms with Gasteiger partial charge in [0.15, 0.2) is 6.29 Å². The van der Waals surface area contributed by atoms with Crippen LogP contribution in [0.1, 0.15) is 19.8 Å². The van der Waals surface area contributed by atoms with Gasteiger partial charge in [0.2, 0.25) is 0 Å². The van der Waals surface area contributed by atoms with Crippen molar-refractivity contribution in [3.05, 3.63) is 0 Å². The number of rotatable bonds is 4. The summed E-state index contributed by atoms with van der Waals surface area (Å²) in [4.78, 5) is 0. The second kappa shape index (κ2) is 4.70. The van der Waals surface area contributed by atoms with Crippen molar-refractivity contribution < 1.29 is 14.6 Å². The van der Waals surface area contributed by atoms with Gasteiger partial charge in [-0.25, -0.2) is 0 Å². The molecular formula is C8H16O3. The molecule has 1 heterocycles. The van der Waals surface area contributed by atoms with Crippen LogP contribution in [0.2, 0.25) is 0 Å². The molecule has 1 N–H and O–H groups in total. The van der Waals surface area contributed by atoms with Gasteiger partial charge in [0, 0.05) is 6.61 Å². The first-order valence-corrected chi connectivity index (χ1v) is 4.17. The van der Waals surface area contributed by atoms with Gasteiger partial charge in [0.1, 0.15) is 0 Å². The minimum atomic E-state index is -0.0102. The first-order chi connectivity index (χ1) is 5.33. The van der Waals surface area contributed by atoms with Gasteiger partial charge in [0.05, 0.1) is 13.2 Å². The fraction of sp³-hybridized carbons (Fsp3) is 1.00. The molecule has 0 spiro atoms.